The Bertz CT molecular complexity index is 656. The number of aryl methyl sites for hydroxylation is 1. The number of amides is 1. The fraction of sp³-hybridized carbons (Fsp3) is 0.462. The molecule has 8 heteroatoms. The first-order valence-corrected chi connectivity index (χ1v) is 9.50. The maximum absolute atomic E-state index is 12.1. The summed E-state index contributed by atoms with van der Waals surface area (Å²) in [5.41, 5.74) is 0.903. The molecule has 1 unspecified atom stereocenters. The fourth-order valence-corrected chi connectivity index (χ4v) is 4.28. The molecule has 0 spiro atoms. The van der Waals surface area contributed by atoms with Gasteiger partial charge in [-0.1, -0.05) is 0 Å². The van der Waals surface area contributed by atoms with Gasteiger partial charge in [-0.2, -0.15) is 0 Å². The van der Waals surface area contributed by atoms with Gasteiger partial charge in [-0.15, -0.1) is 0 Å². The lowest BCUT2D eigenvalue weighted by molar-refractivity contribution is 0.0944. The van der Waals surface area contributed by atoms with E-state index >= 15 is 0 Å². The molecule has 2 rings (SSSR count). The third-order valence-electron chi connectivity index (χ3n) is 3.32. The average molecular weight is 397 g/mol. The van der Waals surface area contributed by atoms with Crippen molar-refractivity contribution in [3.05, 3.63) is 27.7 Å². The van der Waals surface area contributed by atoms with Crippen LogP contribution >= 0.6 is 26.6 Å². The van der Waals surface area contributed by atoms with E-state index in [0.29, 0.717) is 35.7 Å². The van der Waals surface area contributed by atoms with Crippen LogP contribution in [0.5, 0.6) is 0 Å². The molecule has 1 amide bonds. The molecule has 0 saturated carbocycles. The van der Waals surface area contributed by atoms with E-state index in [0.717, 1.165) is 6.42 Å². The second-order valence-corrected chi connectivity index (χ2v) is 8.31. The lowest BCUT2D eigenvalue weighted by atomic mass is 10.1. The molecule has 5 nitrogen and oxygen atoms in total. The molecule has 0 bridgehead atoms. The number of halogens is 2. The van der Waals surface area contributed by atoms with Crippen molar-refractivity contribution in [1.82, 2.24) is 5.32 Å². The predicted octanol–water partition coefficient (Wildman–Crippen LogP) is 2.45. The summed E-state index contributed by atoms with van der Waals surface area (Å²) < 4.78 is 28.7. The Kier molecular flexibility index (Phi) is 5.29. The van der Waals surface area contributed by atoms with Crippen LogP contribution in [0.25, 0.3) is 0 Å². The van der Waals surface area contributed by atoms with E-state index < -0.39 is 9.05 Å². The van der Waals surface area contributed by atoms with Gasteiger partial charge in [-0.3, -0.25) is 4.79 Å². The molecule has 1 atom stereocenters. The number of carbonyl (C=O) groups is 1. The molecule has 0 aliphatic carbocycles. The molecule has 0 aromatic heterocycles. The molecular formula is C13H15BrClNO4S. The summed E-state index contributed by atoms with van der Waals surface area (Å²) >= 11 is 3.18. The first-order valence-electron chi connectivity index (χ1n) is 6.40. The van der Waals surface area contributed by atoms with Crippen molar-refractivity contribution >= 4 is 41.6 Å². The molecular weight excluding hydrogens is 382 g/mol. The van der Waals surface area contributed by atoms with Crippen molar-refractivity contribution in [2.24, 2.45) is 5.92 Å². The fourth-order valence-electron chi connectivity index (χ4n) is 2.13. The maximum Gasteiger partial charge on any atom is 0.262 e. The normalized spacial score (nSPS) is 18.7. The Morgan fingerprint density at radius 3 is 2.81 bits per heavy atom. The lowest BCUT2D eigenvalue weighted by Gasteiger charge is -2.12. The van der Waals surface area contributed by atoms with Crippen molar-refractivity contribution in [1.29, 1.82) is 0 Å². The van der Waals surface area contributed by atoms with E-state index in [4.69, 9.17) is 15.4 Å². The Hall–Kier alpha value is -0.630. The minimum Gasteiger partial charge on any atom is -0.381 e. The number of ether oxygens (including phenoxy) is 1. The summed E-state index contributed by atoms with van der Waals surface area (Å²) in [7, 11) is 1.47. The van der Waals surface area contributed by atoms with Gasteiger partial charge in [0.2, 0.25) is 0 Å². The predicted molar refractivity (Wildman–Crippen MR) is 83.2 cm³/mol. The van der Waals surface area contributed by atoms with Crippen LogP contribution in [0.4, 0.5) is 0 Å². The zero-order chi connectivity index (χ0) is 15.6. The molecule has 1 N–H and O–H groups in total. The summed E-state index contributed by atoms with van der Waals surface area (Å²) in [5.74, 6) is -0.0132. The summed E-state index contributed by atoms with van der Waals surface area (Å²) in [4.78, 5) is 12.0. The van der Waals surface area contributed by atoms with E-state index in [2.05, 4.69) is 21.2 Å². The van der Waals surface area contributed by atoms with Gasteiger partial charge < -0.3 is 10.1 Å². The van der Waals surface area contributed by atoms with Gasteiger partial charge >= 0.3 is 0 Å². The molecule has 21 heavy (non-hydrogen) atoms. The third kappa shape index (κ3) is 4.18. The highest BCUT2D eigenvalue weighted by molar-refractivity contribution is 9.10. The maximum atomic E-state index is 12.1. The molecule has 1 aromatic rings. The van der Waals surface area contributed by atoms with Crippen molar-refractivity contribution in [2.75, 3.05) is 19.8 Å². The average Bonchev–Trinajstić information content (AvgIpc) is 2.90. The Balaban J connectivity index is 2.19. The Morgan fingerprint density at radius 1 is 1.52 bits per heavy atom. The van der Waals surface area contributed by atoms with E-state index in [-0.39, 0.29) is 16.4 Å². The third-order valence-corrected chi connectivity index (χ3v) is 5.98. The van der Waals surface area contributed by atoms with Crippen LogP contribution in [0.2, 0.25) is 0 Å². The largest absolute Gasteiger partial charge is 0.381 e. The monoisotopic (exact) mass is 395 g/mol. The topological polar surface area (TPSA) is 72.5 Å². The van der Waals surface area contributed by atoms with E-state index in [1.807, 2.05) is 0 Å². The zero-order valence-corrected chi connectivity index (χ0v) is 14.5. The van der Waals surface area contributed by atoms with Crippen LogP contribution in [0.1, 0.15) is 22.3 Å². The molecule has 1 aliphatic rings. The number of hydrogen-bond acceptors (Lipinski definition) is 4. The Morgan fingerprint density at radius 2 is 2.24 bits per heavy atom. The summed E-state index contributed by atoms with van der Waals surface area (Å²) in [6.07, 6.45) is 0.918. The number of carbonyl (C=O) groups excluding carboxylic acids is 1. The number of hydrogen-bond donors (Lipinski definition) is 1. The molecule has 1 heterocycles. The molecule has 1 aromatic carbocycles. The van der Waals surface area contributed by atoms with Gasteiger partial charge in [-0.05, 0) is 47.0 Å². The highest BCUT2D eigenvalue weighted by atomic mass is 79.9. The van der Waals surface area contributed by atoms with Crippen molar-refractivity contribution in [3.63, 3.8) is 0 Å². The molecule has 1 fully saturated rings. The van der Waals surface area contributed by atoms with E-state index in [1.54, 1.807) is 13.0 Å². The van der Waals surface area contributed by atoms with Gasteiger partial charge in [0.15, 0.2) is 0 Å². The SMILES string of the molecule is Cc1cc(C(=O)NCC2CCOC2)cc(S(=O)(=O)Cl)c1Br. The zero-order valence-electron chi connectivity index (χ0n) is 11.4. The van der Waals surface area contributed by atoms with Crippen LogP contribution in [-0.4, -0.2) is 34.1 Å². The lowest BCUT2D eigenvalue weighted by Crippen LogP contribution is -2.29. The number of nitrogens with one attached hydrogen (secondary N) is 1. The van der Waals surface area contributed by atoms with Crippen LogP contribution in [0.15, 0.2) is 21.5 Å². The van der Waals surface area contributed by atoms with Gasteiger partial charge in [0.1, 0.15) is 0 Å². The second kappa shape index (κ2) is 6.64. The summed E-state index contributed by atoms with van der Waals surface area (Å²) in [5, 5.41) is 2.79. The highest BCUT2D eigenvalue weighted by Gasteiger charge is 2.21. The highest BCUT2D eigenvalue weighted by Crippen LogP contribution is 2.29. The van der Waals surface area contributed by atoms with Crippen molar-refractivity contribution in [3.8, 4) is 0 Å². The van der Waals surface area contributed by atoms with Crippen LogP contribution in [-0.2, 0) is 13.8 Å². The van der Waals surface area contributed by atoms with Gasteiger partial charge in [0.05, 0.1) is 11.5 Å². The molecule has 1 saturated heterocycles. The van der Waals surface area contributed by atoms with Crippen LogP contribution < -0.4 is 5.32 Å². The van der Waals surface area contributed by atoms with E-state index in [9.17, 15) is 13.2 Å². The van der Waals surface area contributed by atoms with Gasteiger partial charge in [0.25, 0.3) is 15.0 Å². The van der Waals surface area contributed by atoms with Crippen molar-refractivity contribution in [2.45, 2.75) is 18.2 Å². The standard InChI is InChI=1S/C13H15BrClNO4S/c1-8-4-10(5-11(12(8)14)21(15,18)19)13(17)16-6-9-2-3-20-7-9/h4-5,9H,2-3,6-7H2,1H3,(H,16,17). The summed E-state index contributed by atoms with van der Waals surface area (Å²) in [6.45, 7) is 3.57. The Labute approximate surface area is 136 Å². The van der Waals surface area contributed by atoms with Gasteiger partial charge in [-0.25, -0.2) is 8.42 Å². The van der Waals surface area contributed by atoms with Crippen LogP contribution in [0, 0.1) is 12.8 Å². The molecule has 1 aliphatic heterocycles. The molecule has 0 radical (unpaired) electrons. The number of benzene rings is 1. The minimum atomic E-state index is -3.92. The van der Waals surface area contributed by atoms with Crippen LogP contribution in [0.3, 0.4) is 0 Å². The first kappa shape index (κ1) is 16.7. The number of rotatable bonds is 4. The van der Waals surface area contributed by atoms with Gasteiger partial charge in [0, 0.05) is 39.8 Å². The quantitative estimate of drug-likeness (QED) is 0.794. The van der Waals surface area contributed by atoms with Crippen molar-refractivity contribution < 1.29 is 17.9 Å². The first-order chi connectivity index (χ1) is 9.79. The minimum absolute atomic E-state index is 0.0986. The second-order valence-electron chi connectivity index (χ2n) is 4.98. The molecule has 116 valence electrons. The van der Waals surface area contributed by atoms with E-state index in [1.165, 1.54) is 6.07 Å². The smallest absolute Gasteiger partial charge is 0.262 e. The summed E-state index contributed by atoms with van der Waals surface area (Å²) in [6, 6.07) is 2.90.